The highest BCUT2D eigenvalue weighted by molar-refractivity contribution is 7.08. The minimum absolute atomic E-state index is 0.388. The molecular weight excluding hydrogens is 258 g/mol. The topological polar surface area (TPSA) is 64.9 Å². The maximum atomic E-state index is 6.13. The Kier molecular flexibility index (Phi) is 3.15. The van der Waals surface area contributed by atoms with E-state index in [1.54, 1.807) is 11.3 Å². The van der Waals surface area contributed by atoms with Crippen molar-refractivity contribution in [1.82, 2.24) is 10.1 Å². The monoisotopic (exact) mass is 271 g/mol. The van der Waals surface area contributed by atoms with Gasteiger partial charge in [-0.1, -0.05) is 35.5 Å². The van der Waals surface area contributed by atoms with Crippen LogP contribution in [-0.4, -0.2) is 10.1 Å². The number of thiophene rings is 1. The van der Waals surface area contributed by atoms with E-state index in [1.807, 2.05) is 42.6 Å². The fourth-order valence-electron chi connectivity index (χ4n) is 1.86. The molecule has 2 aromatic heterocycles. The van der Waals surface area contributed by atoms with Gasteiger partial charge in [0, 0.05) is 10.9 Å². The van der Waals surface area contributed by atoms with Crippen molar-refractivity contribution in [2.45, 2.75) is 13.0 Å². The van der Waals surface area contributed by atoms with Crippen LogP contribution in [0.1, 0.15) is 23.1 Å². The molecule has 0 saturated carbocycles. The summed E-state index contributed by atoms with van der Waals surface area (Å²) >= 11 is 1.62. The maximum Gasteiger partial charge on any atom is 0.248 e. The first-order valence-electron chi connectivity index (χ1n) is 5.93. The van der Waals surface area contributed by atoms with Crippen molar-refractivity contribution in [3.8, 4) is 11.4 Å². The molecule has 2 N–H and O–H groups in total. The lowest BCUT2D eigenvalue weighted by atomic mass is 10.1. The molecule has 96 valence electrons. The lowest BCUT2D eigenvalue weighted by Gasteiger charge is -2.05. The van der Waals surface area contributed by atoms with E-state index in [-0.39, 0.29) is 6.04 Å². The van der Waals surface area contributed by atoms with Gasteiger partial charge in [0.15, 0.2) is 0 Å². The summed E-state index contributed by atoms with van der Waals surface area (Å²) in [5.41, 5.74) is 9.23. The third-order valence-corrected chi connectivity index (χ3v) is 3.82. The lowest BCUT2D eigenvalue weighted by Crippen LogP contribution is -2.11. The van der Waals surface area contributed by atoms with Gasteiger partial charge in [0.1, 0.15) is 6.04 Å². The molecule has 0 radical (unpaired) electrons. The van der Waals surface area contributed by atoms with E-state index in [1.165, 1.54) is 0 Å². The molecule has 0 aliphatic rings. The molecular formula is C14H13N3OS. The molecule has 3 aromatic rings. The van der Waals surface area contributed by atoms with Crippen LogP contribution >= 0.6 is 11.3 Å². The summed E-state index contributed by atoms with van der Waals surface area (Å²) in [6.45, 7) is 2.03. The normalized spacial score (nSPS) is 12.5. The Hall–Kier alpha value is -1.98. The SMILES string of the molecule is Cc1cscc1-c1noc([C@H](N)c2ccccc2)n1. The largest absolute Gasteiger partial charge is 0.337 e. The minimum Gasteiger partial charge on any atom is -0.337 e. The Morgan fingerprint density at radius 3 is 2.68 bits per heavy atom. The van der Waals surface area contributed by atoms with Crippen LogP contribution in [0.4, 0.5) is 0 Å². The van der Waals surface area contributed by atoms with Gasteiger partial charge in [-0.25, -0.2) is 0 Å². The van der Waals surface area contributed by atoms with E-state index in [4.69, 9.17) is 10.3 Å². The Morgan fingerprint density at radius 1 is 1.21 bits per heavy atom. The van der Waals surface area contributed by atoms with E-state index < -0.39 is 0 Å². The van der Waals surface area contributed by atoms with Crippen LogP contribution in [0, 0.1) is 6.92 Å². The van der Waals surface area contributed by atoms with Crippen molar-refractivity contribution in [3.05, 3.63) is 58.1 Å². The Bertz CT molecular complexity index is 675. The molecule has 1 atom stereocenters. The third kappa shape index (κ3) is 2.30. The molecule has 0 amide bonds. The first-order chi connectivity index (χ1) is 9.25. The molecule has 3 rings (SSSR count). The van der Waals surface area contributed by atoms with Crippen molar-refractivity contribution in [2.75, 3.05) is 0 Å². The zero-order chi connectivity index (χ0) is 13.2. The van der Waals surface area contributed by atoms with Crippen LogP contribution in [0.2, 0.25) is 0 Å². The standard InChI is InChI=1S/C14H13N3OS/c1-9-7-19-8-11(9)13-16-14(18-17-13)12(15)10-5-3-2-4-6-10/h2-8,12H,15H2,1H3/t12-/m1/s1. The summed E-state index contributed by atoms with van der Waals surface area (Å²) < 4.78 is 5.28. The van der Waals surface area contributed by atoms with Gasteiger partial charge in [-0.3, -0.25) is 0 Å². The van der Waals surface area contributed by atoms with Gasteiger partial charge >= 0.3 is 0 Å². The summed E-state index contributed by atoms with van der Waals surface area (Å²) in [7, 11) is 0. The van der Waals surface area contributed by atoms with Crippen LogP contribution in [-0.2, 0) is 0 Å². The number of hydrogen-bond acceptors (Lipinski definition) is 5. The number of hydrogen-bond donors (Lipinski definition) is 1. The summed E-state index contributed by atoms with van der Waals surface area (Å²) in [5.74, 6) is 1.03. The highest BCUT2D eigenvalue weighted by atomic mass is 32.1. The summed E-state index contributed by atoms with van der Waals surface area (Å²) in [5, 5.41) is 8.08. The van der Waals surface area contributed by atoms with Crippen LogP contribution in [0.25, 0.3) is 11.4 Å². The number of rotatable bonds is 3. The van der Waals surface area contributed by atoms with Crippen LogP contribution in [0.3, 0.4) is 0 Å². The van der Waals surface area contributed by atoms with Crippen molar-refractivity contribution in [1.29, 1.82) is 0 Å². The number of benzene rings is 1. The second kappa shape index (κ2) is 4.95. The number of nitrogens with zero attached hydrogens (tertiary/aromatic N) is 2. The summed E-state index contributed by atoms with van der Waals surface area (Å²) in [6, 6.07) is 9.34. The smallest absolute Gasteiger partial charge is 0.248 e. The molecule has 0 spiro atoms. The predicted molar refractivity (Wildman–Crippen MR) is 74.8 cm³/mol. The zero-order valence-electron chi connectivity index (χ0n) is 10.4. The highest BCUT2D eigenvalue weighted by Crippen LogP contribution is 2.26. The van der Waals surface area contributed by atoms with Gasteiger partial charge in [0.25, 0.3) is 0 Å². The second-order valence-corrected chi connectivity index (χ2v) is 5.06. The zero-order valence-corrected chi connectivity index (χ0v) is 11.2. The van der Waals surface area contributed by atoms with Crippen LogP contribution in [0.15, 0.2) is 45.6 Å². The highest BCUT2D eigenvalue weighted by Gasteiger charge is 2.18. The lowest BCUT2D eigenvalue weighted by molar-refractivity contribution is 0.367. The van der Waals surface area contributed by atoms with Gasteiger partial charge < -0.3 is 10.3 Å². The van der Waals surface area contributed by atoms with E-state index in [2.05, 4.69) is 15.5 Å². The molecule has 0 fully saturated rings. The first kappa shape index (κ1) is 12.1. The fraction of sp³-hybridized carbons (Fsp3) is 0.143. The summed E-state index contributed by atoms with van der Waals surface area (Å²) in [4.78, 5) is 4.39. The number of aryl methyl sites for hydroxylation is 1. The van der Waals surface area contributed by atoms with Crippen molar-refractivity contribution >= 4 is 11.3 Å². The van der Waals surface area contributed by atoms with E-state index in [0.717, 1.165) is 16.7 Å². The fourth-order valence-corrected chi connectivity index (χ4v) is 2.69. The molecule has 19 heavy (non-hydrogen) atoms. The van der Waals surface area contributed by atoms with Crippen molar-refractivity contribution in [2.24, 2.45) is 5.73 Å². The molecule has 5 heteroatoms. The van der Waals surface area contributed by atoms with Crippen molar-refractivity contribution in [3.63, 3.8) is 0 Å². The van der Waals surface area contributed by atoms with E-state index >= 15 is 0 Å². The molecule has 0 saturated heterocycles. The maximum absolute atomic E-state index is 6.13. The molecule has 1 aromatic carbocycles. The molecule has 0 bridgehead atoms. The Labute approximate surface area is 114 Å². The average Bonchev–Trinajstić information content (AvgIpc) is 3.07. The average molecular weight is 271 g/mol. The quantitative estimate of drug-likeness (QED) is 0.794. The van der Waals surface area contributed by atoms with Crippen molar-refractivity contribution < 1.29 is 4.52 Å². The van der Waals surface area contributed by atoms with Gasteiger partial charge in [0.2, 0.25) is 11.7 Å². The predicted octanol–water partition coefficient (Wildman–Crippen LogP) is 3.15. The van der Waals surface area contributed by atoms with Gasteiger partial charge in [-0.05, 0) is 23.4 Å². The van der Waals surface area contributed by atoms with Crippen LogP contribution < -0.4 is 5.73 Å². The van der Waals surface area contributed by atoms with E-state index in [9.17, 15) is 0 Å². The number of aromatic nitrogens is 2. The Morgan fingerprint density at radius 2 is 2.00 bits per heavy atom. The number of nitrogens with two attached hydrogens (primary N) is 1. The molecule has 4 nitrogen and oxygen atoms in total. The van der Waals surface area contributed by atoms with Gasteiger partial charge in [-0.2, -0.15) is 16.3 Å². The van der Waals surface area contributed by atoms with Gasteiger partial charge in [0.05, 0.1) is 0 Å². The second-order valence-electron chi connectivity index (χ2n) is 4.31. The molecule has 0 unspecified atom stereocenters. The summed E-state index contributed by atoms with van der Waals surface area (Å²) in [6.07, 6.45) is 0. The van der Waals surface area contributed by atoms with Crippen LogP contribution in [0.5, 0.6) is 0 Å². The minimum atomic E-state index is -0.388. The molecule has 0 aliphatic carbocycles. The molecule has 2 heterocycles. The third-order valence-electron chi connectivity index (χ3n) is 2.96. The molecule has 0 aliphatic heterocycles. The Balaban J connectivity index is 1.92. The first-order valence-corrected chi connectivity index (χ1v) is 6.87. The van der Waals surface area contributed by atoms with E-state index in [0.29, 0.717) is 11.7 Å². The van der Waals surface area contributed by atoms with Gasteiger partial charge in [-0.15, -0.1) is 0 Å².